The van der Waals surface area contributed by atoms with Gasteiger partial charge in [0.1, 0.15) is 0 Å². The summed E-state index contributed by atoms with van der Waals surface area (Å²) in [7, 11) is 0. The van der Waals surface area contributed by atoms with E-state index in [0.717, 1.165) is 6.42 Å². The first-order valence-corrected chi connectivity index (χ1v) is 6.54. The molecule has 0 bridgehead atoms. The van der Waals surface area contributed by atoms with Gasteiger partial charge in [0.15, 0.2) is 0 Å². The van der Waals surface area contributed by atoms with E-state index in [0.29, 0.717) is 18.0 Å². The fourth-order valence-electron chi connectivity index (χ4n) is 1.70. The van der Waals surface area contributed by atoms with Gasteiger partial charge in [-0.25, -0.2) is 4.98 Å². The molecule has 1 aromatic rings. The number of nitrogens with zero attached hydrogens (tertiary/aromatic N) is 1. The number of rotatable bonds is 5. The molecule has 0 aliphatic rings. The second-order valence-corrected chi connectivity index (χ2v) is 5.71. The minimum atomic E-state index is 0.548. The Labute approximate surface area is 97.1 Å². The van der Waals surface area contributed by atoms with E-state index < -0.39 is 0 Å². The summed E-state index contributed by atoms with van der Waals surface area (Å²) < 4.78 is 0. The standard InChI is InChI=1S/C12H22N2S/c1-8(2)13-10(4)9(3)6-12-7-15-11(5)14-12/h7-10,13H,6H2,1-5H3. The highest BCUT2D eigenvalue weighted by Gasteiger charge is 2.14. The van der Waals surface area contributed by atoms with Gasteiger partial charge in [0.25, 0.3) is 0 Å². The molecule has 2 atom stereocenters. The number of nitrogens with one attached hydrogen (secondary N) is 1. The summed E-state index contributed by atoms with van der Waals surface area (Å²) in [5.41, 5.74) is 1.24. The van der Waals surface area contributed by atoms with Crippen LogP contribution in [0.2, 0.25) is 0 Å². The van der Waals surface area contributed by atoms with Crippen LogP contribution in [-0.2, 0) is 6.42 Å². The number of hydrogen-bond donors (Lipinski definition) is 1. The van der Waals surface area contributed by atoms with Gasteiger partial charge in [-0.15, -0.1) is 11.3 Å². The number of aromatic nitrogens is 1. The van der Waals surface area contributed by atoms with Crippen LogP contribution < -0.4 is 5.32 Å². The molecule has 0 radical (unpaired) electrons. The normalized spacial score (nSPS) is 15.6. The average Bonchev–Trinajstić information content (AvgIpc) is 2.50. The van der Waals surface area contributed by atoms with Crippen molar-refractivity contribution in [3.05, 3.63) is 16.1 Å². The van der Waals surface area contributed by atoms with E-state index >= 15 is 0 Å². The molecule has 86 valence electrons. The van der Waals surface area contributed by atoms with Crippen molar-refractivity contribution in [1.29, 1.82) is 0 Å². The molecule has 2 nitrogen and oxygen atoms in total. The molecular weight excluding hydrogens is 204 g/mol. The molecule has 0 saturated heterocycles. The third-order valence-electron chi connectivity index (χ3n) is 2.65. The van der Waals surface area contributed by atoms with Crippen molar-refractivity contribution in [1.82, 2.24) is 10.3 Å². The molecule has 0 amide bonds. The molecule has 0 fully saturated rings. The third kappa shape index (κ3) is 4.31. The Hall–Kier alpha value is -0.410. The molecule has 1 N–H and O–H groups in total. The predicted molar refractivity (Wildman–Crippen MR) is 67.5 cm³/mol. The van der Waals surface area contributed by atoms with Gasteiger partial charge in [0.2, 0.25) is 0 Å². The highest BCUT2D eigenvalue weighted by Crippen LogP contribution is 2.15. The first kappa shape index (κ1) is 12.7. The molecule has 0 aromatic carbocycles. The first-order chi connectivity index (χ1) is 6.99. The van der Waals surface area contributed by atoms with Gasteiger partial charge in [-0.3, -0.25) is 0 Å². The van der Waals surface area contributed by atoms with Crippen LogP contribution in [-0.4, -0.2) is 17.1 Å². The highest BCUT2D eigenvalue weighted by molar-refractivity contribution is 7.09. The molecule has 0 aliphatic carbocycles. The summed E-state index contributed by atoms with van der Waals surface area (Å²) >= 11 is 1.74. The molecule has 15 heavy (non-hydrogen) atoms. The molecule has 1 rings (SSSR count). The van der Waals surface area contributed by atoms with Crippen molar-refractivity contribution in [2.75, 3.05) is 0 Å². The third-order valence-corrected chi connectivity index (χ3v) is 3.47. The number of aryl methyl sites for hydroxylation is 1. The summed E-state index contributed by atoms with van der Waals surface area (Å²) in [6.07, 6.45) is 1.07. The average molecular weight is 226 g/mol. The minimum Gasteiger partial charge on any atom is -0.312 e. The van der Waals surface area contributed by atoms with Gasteiger partial charge in [-0.05, 0) is 26.2 Å². The SMILES string of the molecule is Cc1nc(CC(C)C(C)NC(C)C)cs1. The van der Waals surface area contributed by atoms with E-state index in [1.54, 1.807) is 11.3 Å². The lowest BCUT2D eigenvalue weighted by atomic mass is 9.98. The zero-order chi connectivity index (χ0) is 11.4. The lowest BCUT2D eigenvalue weighted by molar-refractivity contribution is 0.370. The Kier molecular flexibility index (Phi) is 4.74. The predicted octanol–water partition coefficient (Wildman–Crippen LogP) is 3.02. The zero-order valence-corrected chi connectivity index (χ0v) is 11.2. The summed E-state index contributed by atoms with van der Waals surface area (Å²) in [6, 6.07) is 1.10. The van der Waals surface area contributed by atoms with Crippen LogP contribution in [0.25, 0.3) is 0 Å². The van der Waals surface area contributed by atoms with Crippen molar-refractivity contribution < 1.29 is 0 Å². The first-order valence-electron chi connectivity index (χ1n) is 5.66. The van der Waals surface area contributed by atoms with Crippen LogP contribution in [0.4, 0.5) is 0 Å². The van der Waals surface area contributed by atoms with Crippen LogP contribution in [0.15, 0.2) is 5.38 Å². The monoisotopic (exact) mass is 226 g/mol. The molecule has 0 saturated carbocycles. The minimum absolute atomic E-state index is 0.548. The van der Waals surface area contributed by atoms with Gasteiger partial charge in [-0.2, -0.15) is 0 Å². The topological polar surface area (TPSA) is 24.9 Å². The van der Waals surface area contributed by atoms with Crippen molar-refractivity contribution >= 4 is 11.3 Å². The van der Waals surface area contributed by atoms with E-state index in [-0.39, 0.29) is 0 Å². The Bertz CT molecular complexity index is 294. The van der Waals surface area contributed by atoms with Crippen molar-refractivity contribution in [3.8, 4) is 0 Å². The van der Waals surface area contributed by atoms with Crippen molar-refractivity contribution in [3.63, 3.8) is 0 Å². The molecule has 1 aromatic heterocycles. The van der Waals surface area contributed by atoms with E-state index in [9.17, 15) is 0 Å². The quantitative estimate of drug-likeness (QED) is 0.835. The fourth-order valence-corrected chi connectivity index (χ4v) is 2.32. The van der Waals surface area contributed by atoms with Gasteiger partial charge in [-0.1, -0.05) is 20.8 Å². The van der Waals surface area contributed by atoms with Crippen LogP contribution in [0, 0.1) is 12.8 Å². The maximum Gasteiger partial charge on any atom is 0.0897 e. The van der Waals surface area contributed by atoms with E-state index in [1.165, 1.54) is 10.7 Å². The summed E-state index contributed by atoms with van der Waals surface area (Å²) in [6.45, 7) is 11.0. The fraction of sp³-hybridized carbons (Fsp3) is 0.750. The van der Waals surface area contributed by atoms with Gasteiger partial charge in [0, 0.05) is 17.5 Å². The van der Waals surface area contributed by atoms with Crippen LogP contribution in [0.5, 0.6) is 0 Å². The van der Waals surface area contributed by atoms with Crippen molar-refractivity contribution in [2.45, 2.75) is 53.1 Å². The Morgan fingerprint density at radius 2 is 2.00 bits per heavy atom. The molecule has 3 heteroatoms. The van der Waals surface area contributed by atoms with Crippen LogP contribution >= 0.6 is 11.3 Å². The Morgan fingerprint density at radius 3 is 2.47 bits per heavy atom. The van der Waals surface area contributed by atoms with Crippen LogP contribution in [0.1, 0.15) is 38.4 Å². The number of hydrogen-bond acceptors (Lipinski definition) is 3. The van der Waals surface area contributed by atoms with Gasteiger partial charge < -0.3 is 5.32 Å². The van der Waals surface area contributed by atoms with Gasteiger partial charge >= 0.3 is 0 Å². The zero-order valence-electron chi connectivity index (χ0n) is 10.4. The number of thiazole rings is 1. The highest BCUT2D eigenvalue weighted by atomic mass is 32.1. The van der Waals surface area contributed by atoms with Crippen LogP contribution in [0.3, 0.4) is 0 Å². The maximum absolute atomic E-state index is 4.50. The summed E-state index contributed by atoms with van der Waals surface area (Å²) in [5.74, 6) is 0.633. The van der Waals surface area contributed by atoms with Gasteiger partial charge in [0.05, 0.1) is 10.7 Å². The summed E-state index contributed by atoms with van der Waals surface area (Å²) in [5, 5.41) is 6.89. The van der Waals surface area contributed by atoms with E-state index in [4.69, 9.17) is 0 Å². The van der Waals surface area contributed by atoms with E-state index in [2.05, 4.69) is 50.3 Å². The van der Waals surface area contributed by atoms with E-state index in [1.807, 2.05) is 0 Å². The second kappa shape index (κ2) is 5.61. The lowest BCUT2D eigenvalue weighted by Gasteiger charge is -2.22. The largest absolute Gasteiger partial charge is 0.312 e. The molecule has 2 unspecified atom stereocenters. The molecule has 0 spiro atoms. The Balaban J connectivity index is 2.44. The Morgan fingerprint density at radius 1 is 1.33 bits per heavy atom. The summed E-state index contributed by atoms with van der Waals surface area (Å²) in [4.78, 5) is 4.50. The maximum atomic E-state index is 4.50. The molecule has 1 heterocycles. The second-order valence-electron chi connectivity index (χ2n) is 4.65. The smallest absolute Gasteiger partial charge is 0.0897 e. The lowest BCUT2D eigenvalue weighted by Crippen LogP contribution is -2.37. The van der Waals surface area contributed by atoms with Crippen molar-refractivity contribution in [2.24, 2.45) is 5.92 Å². The molecule has 0 aliphatic heterocycles. The molecular formula is C12H22N2S.